The van der Waals surface area contributed by atoms with E-state index in [0.717, 1.165) is 18.8 Å². The first-order valence-corrected chi connectivity index (χ1v) is 5.20. The topological polar surface area (TPSA) is 17.1 Å². The van der Waals surface area contributed by atoms with Crippen molar-refractivity contribution in [2.24, 2.45) is 11.8 Å². The summed E-state index contributed by atoms with van der Waals surface area (Å²) in [7, 11) is 1.75. The summed E-state index contributed by atoms with van der Waals surface area (Å²) in [5, 5.41) is 0. The van der Waals surface area contributed by atoms with Crippen LogP contribution in [0.3, 0.4) is 0 Å². The van der Waals surface area contributed by atoms with Crippen molar-refractivity contribution < 1.29 is 4.79 Å². The number of hydrogen-bond acceptors (Lipinski definition) is 1. The van der Waals surface area contributed by atoms with Gasteiger partial charge < -0.3 is 4.79 Å². The molecule has 12 heavy (non-hydrogen) atoms. The second-order valence-electron chi connectivity index (χ2n) is 4.27. The van der Waals surface area contributed by atoms with Crippen molar-refractivity contribution in [2.45, 2.75) is 45.4 Å². The lowest BCUT2D eigenvalue weighted by Gasteiger charge is -2.20. The Balaban J connectivity index is 2.35. The Bertz CT molecular complexity index is 146. The number of carbonyl (C=O) groups is 1. The van der Waals surface area contributed by atoms with Crippen molar-refractivity contribution in [2.75, 3.05) is 0 Å². The summed E-state index contributed by atoms with van der Waals surface area (Å²) in [6, 6.07) is 0. The fraction of sp³-hybridized carbons (Fsp3) is 0.900. The molecular weight excluding hydrogens is 147 g/mol. The average molecular weight is 166 g/mol. The standard InChI is InChI=1S/C10H19BO/c1-8-4-2-6-9(10(11)12)7-3-5-8/h8-9H,2-7,11H2,1H3. The van der Waals surface area contributed by atoms with Crippen LogP contribution in [0, 0.1) is 11.8 Å². The molecule has 1 fully saturated rings. The molecule has 0 amide bonds. The maximum absolute atomic E-state index is 11.1. The minimum atomic E-state index is 0.387. The molecule has 0 N–H and O–H groups in total. The molecule has 0 aromatic rings. The van der Waals surface area contributed by atoms with E-state index in [4.69, 9.17) is 0 Å². The molecule has 68 valence electrons. The largest absolute Gasteiger partial charge is 0.312 e. The molecule has 1 aliphatic carbocycles. The second-order valence-corrected chi connectivity index (χ2v) is 4.27. The van der Waals surface area contributed by atoms with E-state index in [0.29, 0.717) is 11.6 Å². The summed E-state index contributed by atoms with van der Waals surface area (Å²) >= 11 is 0. The van der Waals surface area contributed by atoms with Crippen LogP contribution in [0.5, 0.6) is 0 Å². The smallest absolute Gasteiger partial charge is 0.187 e. The predicted molar refractivity (Wildman–Crippen MR) is 53.9 cm³/mol. The summed E-state index contributed by atoms with van der Waals surface area (Å²) in [6.45, 7) is 2.33. The van der Waals surface area contributed by atoms with E-state index in [-0.39, 0.29) is 0 Å². The highest BCUT2D eigenvalue weighted by atomic mass is 16.1. The monoisotopic (exact) mass is 166 g/mol. The maximum Gasteiger partial charge on any atom is 0.187 e. The molecule has 0 bridgehead atoms. The molecule has 0 aromatic heterocycles. The Morgan fingerprint density at radius 3 is 2.08 bits per heavy atom. The van der Waals surface area contributed by atoms with Gasteiger partial charge in [0.2, 0.25) is 0 Å². The normalized spacial score (nSPS) is 32.1. The van der Waals surface area contributed by atoms with Crippen LogP contribution in [0.1, 0.15) is 45.4 Å². The van der Waals surface area contributed by atoms with E-state index in [1.165, 1.54) is 25.7 Å². The minimum Gasteiger partial charge on any atom is -0.312 e. The van der Waals surface area contributed by atoms with Crippen molar-refractivity contribution >= 4 is 13.5 Å². The lowest BCUT2D eigenvalue weighted by Crippen LogP contribution is -2.16. The highest BCUT2D eigenvalue weighted by Crippen LogP contribution is 2.25. The van der Waals surface area contributed by atoms with Crippen LogP contribution in [-0.4, -0.2) is 13.5 Å². The van der Waals surface area contributed by atoms with Gasteiger partial charge in [0.15, 0.2) is 7.85 Å². The molecular formula is C10H19BO. The first-order chi connectivity index (χ1) is 5.70. The lowest BCUT2D eigenvalue weighted by molar-refractivity contribution is -0.115. The van der Waals surface area contributed by atoms with Crippen molar-refractivity contribution in [1.82, 2.24) is 0 Å². The fourth-order valence-electron chi connectivity index (χ4n) is 2.12. The lowest BCUT2D eigenvalue weighted by atomic mass is 9.79. The predicted octanol–water partition coefficient (Wildman–Crippen LogP) is 1.75. The Morgan fingerprint density at radius 2 is 1.67 bits per heavy atom. The molecule has 1 saturated carbocycles. The summed E-state index contributed by atoms with van der Waals surface area (Å²) in [4.78, 5) is 11.1. The van der Waals surface area contributed by atoms with Crippen LogP contribution in [-0.2, 0) is 4.79 Å². The van der Waals surface area contributed by atoms with Gasteiger partial charge in [-0.05, 0) is 18.8 Å². The highest BCUT2D eigenvalue weighted by molar-refractivity contribution is 6.58. The quantitative estimate of drug-likeness (QED) is 0.542. The first kappa shape index (κ1) is 9.82. The van der Waals surface area contributed by atoms with E-state index < -0.39 is 0 Å². The van der Waals surface area contributed by atoms with Crippen molar-refractivity contribution in [1.29, 1.82) is 0 Å². The molecule has 0 spiro atoms. The first-order valence-electron chi connectivity index (χ1n) is 5.20. The third-order valence-electron chi connectivity index (χ3n) is 3.07. The van der Waals surface area contributed by atoms with Crippen LogP contribution >= 0.6 is 0 Å². The third kappa shape index (κ3) is 3.00. The maximum atomic E-state index is 11.1. The van der Waals surface area contributed by atoms with Gasteiger partial charge >= 0.3 is 0 Å². The van der Waals surface area contributed by atoms with E-state index in [2.05, 4.69) is 6.92 Å². The van der Waals surface area contributed by atoms with Crippen molar-refractivity contribution in [3.8, 4) is 0 Å². The van der Waals surface area contributed by atoms with Crippen molar-refractivity contribution in [3.05, 3.63) is 0 Å². The fourth-order valence-corrected chi connectivity index (χ4v) is 2.12. The Hall–Kier alpha value is -0.265. The number of hydrogen-bond donors (Lipinski definition) is 0. The van der Waals surface area contributed by atoms with E-state index in [9.17, 15) is 4.79 Å². The van der Waals surface area contributed by atoms with Gasteiger partial charge in [0, 0.05) is 5.92 Å². The van der Waals surface area contributed by atoms with Crippen LogP contribution in [0.4, 0.5) is 0 Å². The Labute approximate surface area is 76.3 Å². The Morgan fingerprint density at radius 1 is 1.17 bits per heavy atom. The van der Waals surface area contributed by atoms with Crippen LogP contribution in [0.25, 0.3) is 0 Å². The van der Waals surface area contributed by atoms with E-state index >= 15 is 0 Å². The summed E-state index contributed by atoms with van der Waals surface area (Å²) in [5.41, 5.74) is 0.407. The third-order valence-corrected chi connectivity index (χ3v) is 3.07. The van der Waals surface area contributed by atoms with Crippen LogP contribution in [0.15, 0.2) is 0 Å². The molecule has 0 heterocycles. The SMILES string of the molecule is BC(=O)C1CCCC(C)CCC1. The molecule has 1 rings (SSSR count). The van der Waals surface area contributed by atoms with Gasteiger partial charge in [-0.15, -0.1) is 0 Å². The summed E-state index contributed by atoms with van der Waals surface area (Å²) < 4.78 is 0. The van der Waals surface area contributed by atoms with Crippen molar-refractivity contribution in [3.63, 3.8) is 0 Å². The second kappa shape index (κ2) is 4.69. The molecule has 0 radical (unpaired) electrons. The van der Waals surface area contributed by atoms with Gasteiger partial charge in [0.25, 0.3) is 0 Å². The highest BCUT2D eigenvalue weighted by Gasteiger charge is 2.16. The zero-order valence-electron chi connectivity index (χ0n) is 8.31. The van der Waals surface area contributed by atoms with Gasteiger partial charge in [0.1, 0.15) is 0 Å². The van der Waals surface area contributed by atoms with Gasteiger partial charge in [-0.1, -0.05) is 32.6 Å². The summed E-state index contributed by atoms with van der Waals surface area (Å²) in [5.74, 6) is 1.27. The van der Waals surface area contributed by atoms with E-state index in [1.54, 1.807) is 7.85 Å². The molecule has 0 aromatic carbocycles. The van der Waals surface area contributed by atoms with Gasteiger partial charge in [-0.2, -0.15) is 0 Å². The minimum absolute atomic E-state index is 0.387. The van der Waals surface area contributed by atoms with Gasteiger partial charge in [-0.25, -0.2) is 0 Å². The molecule has 1 aliphatic rings. The molecule has 0 atom stereocenters. The molecule has 1 nitrogen and oxygen atoms in total. The molecule has 2 heteroatoms. The van der Waals surface area contributed by atoms with Crippen LogP contribution < -0.4 is 0 Å². The van der Waals surface area contributed by atoms with E-state index in [1.807, 2.05) is 0 Å². The van der Waals surface area contributed by atoms with Gasteiger partial charge in [-0.3, -0.25) is 0 Å². The van der Waals surface area contributed by atoms with Crippen LogP contribution in [0.2, 0.25) is 0 Å². The number of carbonyl (C=O) groups excluding carboxylic acids is 1. The zero-order valence-corrected chi connectivity index (χ0v) is 8.31. The molecule has 0 unspecified atom stereocenters. The average Bonchev–Trinajstić information content (AvgIpc) is 1.95. The molecule has 0 saturated heterocycles. The Kier molecular flexibility index (Phi) is 3.83. The zero-order chi connectivity index (χ0) is 8.97. The number of rotatable bonds is 1. The molecule has 0 aliphatic heterocycles. The van der Waals surface area contributed by atoms with Gasteiger partial charge in [0.05, 0.1) is 5.68 Å². The summed E-state index contributed by atoms with van der Waals surface area (Å²) in [6.07, 6.45) is 7.43.